The van der Waals surface area contributed by atoms with E-state index in [1.165, 1.54) is 24.8 Å². The summed E-state index contributed by atoms with van der Waals surface area (Å²) in [6.45, 7) is 8.09. The number of imidazole rings is 1. The molecule has 25 heavy (non-hydrogen) atoms. The van der Waals surface area contributed by atoms with E-state index in [-0.39, 0.29) is 0 Å². The summed E-state index contributed by atoms with van der Waals surface area (Å²) in [7, 11) is 2.04. The number of benzene rings is 1. The molecule has 2 rings (SSSR count). The highest BCUT2D eigenvalue weighted by molar-refractivity contribution is 5.78. The summed E-state index contributed by atoms with van der Waals surface area (Å²) >= 11 is 0. The van der Waals surface area contributed by atoms with Crippen molar-refractivity contribution in [1.29, 1.82) is 0 Å². The zero-order valence-electron chi connectivity index (χ0n) is 15.2. The van der Waals surface area contributed by atoms with Crippen LogP contribution < -0.4 is 5.32 Å². The number of aromatic nitrogens is 2. The number of hydrogen-bond donors (Lipinski definition) is 1. The monoisotopic (exact) mass is 340 g/mol. The molecule has 0 atom stereocenters. The third kappa shape index (κ3) is 5.21. The summed E-state index contributed by atoms with van der Waals surface area (Å²) in [4.78, 5) is 17.4. The smallest absolute Gasteiger partial charge is 0.212 e. The number of unbranched alkanes of at least 4 members (excludes halogenated alkanes) is 3. The molecule has 1 amide bonds. The molecule has 5 nitrogen and oxygen atoms in total. The van der Waals surface area contributed by atoms with Crippen molar-refractivity contribution in [1.82, 2.24) is 14.5 Å². The molecule has 0 aliphatic carbocycles. The van der Waals surface area contributed by atoms with E-state index in [2.05, 4.69) is 40.8 Å². The molecule has 1 aromatic carbocycles. The number of nitrogens with zero attached hydrogens (tertiary/aromatic N) is 3. The van der Waals surface area contributed by atoms with Gasteiger partial charge >= 0.3 is 0 Å². The van der Waals surface area contributed by atoms with E-state index in [0.717, 1.165) is 24.4 Å². The lowest BCUT2D eigenvalue weighted by Crippen LogP contribution is -2.20. The first-order chi connectivity index (χ1) is 12.2. The van der Waals surface area contributed by atoms with Crippen LogP contribution in [0.25, 0.3) is 5.70 Å². The van der Waals surface area contributed by atoms with Gasteiger partial charge in [0, 0.05) is 20.1 Å². The Bertz CT molecular complexity index is 678. The molecular formula is C20H28N4O. The topological polar surface area (TPSA) is 50.2 Å². The van der Waals surface area contributed by atoms with Crippen LogP contribution in [0.3, 0.4) is 0 Å². The first-order valence-electron chi connectivity index (χ1n) is 8.87. The molecule has 5 heteroatoms. The number of carbonyl (C=O) groups is 1. The highest BCUT2D eigenvalue weighted by Crippen LogP contribution is 2.25. The van der Waals surface area contributed by atoms with E-state index in [1.54, 1.807) is 6.33 Å². The van der Waals surface area contributed by atoms with Crippen molar-refractivity contribution in [2.45, 2.75) is 39.2 Å². The highest BCUT2D eigenvalue weighted by Gasteiger charge is 2.17. The van der Waals surface area contributed by atoms with Gasteiger partial charge in [0.15, 0.2) is 5.82 Å². The molecule has 0 fully saturated rings. The predicted octanol–water partition coefficient (Wildman–Crippen LogP) is 3.98. The summed E-state index contributed by atoms with van der Waals surface area (Å²) < 4.78 is 2.03. The number of nitrogens with one attached hydrogen (secondary N) is 1. The van der Waals surface area contributed by atoms with Gasteiger partial charge in [0.1, 0.15) is 5.69 Å². The predicted molar refractivity (Wildman–Crippen MR) is 103 cm³/mol. The Morgan fingerprint density at radius 1 is 1.28 bits per heavy atom. The molecule has 2 aromatic rings. The van der Waals surface area contributed by atoms with Gasteiger partial charge < -0.3 is 14.8 Å². The van der Waals surface area contributed by atoms with E-state index < -0.39 is 0 Å². The standard InChI is InChI=1S/C20H28N4O/c1-4-5-6-10-13-23(3)17(2)19-20(22-16-25)21-15-24(19)14-18-11-8-7-9-12-18/h7-9,11-12,15-16H,2,4-6,10,13-14H2,1,3H3,(H,22,25). The number of rotatable bonds is 11. The molecular weight excluding hydrogens is 312 g/mol. The third-order valence-corrected chi connectivity index (χ3v) is 4.31. The van der Waals surface area contributed by atoms with Crippen molar-refractivity contribution in [2.75, 3.05) is 18.9 Å². The molecule has 0 radical (unpaired) electrons. The summed E-state index contributed by atoms with van der Waals surface area (Å²) in [5.74, 6) is 0.552. The molecule has 1 aromatic heterocycles. The Labute approximate surface area is 150 Å². The minimum Gasteiger partial charge on any atom is -0.373 e. The second-order valence-electron chi connectivity index (χ2n) is 6.25. The van der Waals surface area contributed by atoms with Crippen LogP contribution in [0.1, 0.15) is 43.9 Å². The molecule has 0 aliphatic rings. The van der Waals surface area contributed by atoms with Crippen molar-refractivity contribution >= 4 is 17.9 Å². The number of amides is 1. The minimum absolute atomic E-state index is 0.552. The van der Waals surface area contributed by atoms with Gasteiger partial charge in [0.25, 0.3) is 0 Å². The fourth-order valence-corrected chi connectivity index (χ4v) is 2.84. The molecule has 0 saturated heterocycles. The van der Waals surface area contributed by atoms with Gasteiger partial charge in [-0.3, -0.25) is 4.79 Å². The number of anilines is 1. The molecule has 1 heterocycles. The molecule has 0 bridgehead atoms. The van der Waals surface area contributed by atoms with Crippen molar-refractivity contribution in [3.63, 3.8) is 0 Å². The molecule has 0 aliphatic heterocycles. The maximum absolute atomic E-state index is 10.9. The van der Waals surface area contributed by atoms with Gasteiger partial charge in [0.05, 0.1) is 12.0 Å². The number of carbonyl (C=O) groups excluding carboxylic acids is 1. The van der Waals surface area contributed by atoms with Crippen LogP contribution in [0, 0.1) is 0 Å². The van der Waals surface area contributed by atoms with E-state index in [9.17, 15) is 4.79 Å². The van der Waals surface area contributed by atoms with Gasteiger partial charge in [-0.25, -0.2) is 4.98 Å². The maximum atomic E-state index is 10.9. The van der Waals surface area contributed by atoms with Crippen LogP contribution in [0.4, 0.5) is 5.82 Å². The molecule has 0 saturated carbocycles. The molecule has 0 spiro atoms. The quantitative estimate of drug-likeness (QED) is 0.497. The Hall–Kier alpha value is -2.56. The minimum atomic E-state index is 0.552. The average molecular weight is 340 g/mol. The summed E-state index contributed by atoms with van der Waals surface area (Å²) in [6, 6.07) is 10.2. The van der Waals surface area contributed by atoms with Crippen LogP contribution >= 0.6 is 0 Å². The molecule has 0 unspecified atom stereocenters. The Morgan fingerprint density at radius 3 is 2.72 bits per heavy atom. The highest BCUT2D eigenvalue weighted by atomic mass is 16.1. The van der Waals surface area contributed by atoms with Crippen molar-refractivity contribution in [3.8, 4) is 0 Å². The van der Waals surface area contributed by atoms with Gasteiger partial charge in [-0.15, -0.1) is 0 Å². The zero-order chi connectivity index (χ0) is 18.1. The summed E-state index contributed by atoms with van der Waals surface area (Å²) in [5.41, 5.74) is 2.90. The van der Waals surface area contributed by atoms with E-state index >= 15 is 0 Å². The normalized spacial score (nSPS) is 10.5. The fraction of sp³-hybridized carbons (Fsp3) is 0.400. The fourth-order valence-electron chi connectivity index (χ4n) is 2.84. The summed E-state index contributed by atoms with van der Waals surface area (Å²) in [5, 5.41) is 2.69. The van der Waals surface area contributed by atoms with Crippen LogP contribution in [0.15, 0.2) is 43.2 Å². The van der Waals surface area contributed by atoms with Crippen molar-refractivity contribution in [2.24, 2.45) is 0 Å². The van der Waals surface area contributed by atoms with E-state index in [4.69, 9.17) is 0 Å². The van der Waals surface area contributed by atoms with Gasteiger partial charge in [-0.1, -0.05) is 63.1 Å². The lowest BCUT2D eigenvalue weighted by Gasteiger charge is -2.23. The van der Waals surface area contributed by atoms with Crippen LogP contribution in [-0.2, 0) is 11.3 Å². The van der Waals surface area contributed by atoms with E-state index in [1.807, 2.05) is 29.8 Å². The lowest BCUT2D eigenvalue weighted by atomic mass is 10.2. The van der Waals surface area contributed by atoms with Crippen molar-refractivity contribution < 1.29 is 4.79 Å². The van der Waals surface area contributed by atoms with Gasteiger partial charge in [0.2, 0.25) is 6.41 Å². The van der Waals surface area contributed by atoms with Crippen LogP contribution in [-0.4, -0.2) is 34.5 Å². The molecule has 134 valence electrons. The summed E-state index contributed by atoms with van der Waals surface area (Å²) in [6.07, 6.45) is 7.24. The maximum Gasteiger partial charge on any atom is 0.212 e. The largest absolute Gasteiger partial charge is 0.373 e. The van der Waals surface area contributed by atoms with E-state index in [0.29, 0.717) is 18.8 Å². The molecule has 1 N–H and O–H groups in total. The second-order valence-corrected chi connectivity index (χ2v) is 6.25. The van der Waals surface area contributed by atoms with Gasteiger partial charge in [-0.05, 0) is 12.0 Å². The number of hydrogen-bond acceptors (Lipinski definition) is 3. The zero-order valence-corrected chi connectivity index (χ0v) is 15.2. The third-order valence-electron chi connectivity index (χ3n) is 4.31. The average Bonchev–Trinajstić information content (AvgIpc) is 3.01. The van der Waals surface area contributed by atoms with Crippen LogP contribution in [0.2, 0.25) is 0 Å². The Morgan fingerprint density at radius 2 is 2.04 bits per heavy atom. The first-order valence-corrected chi connectivity index (χ1v) is 8.87. The second kappa shape index (κ2) is 9.67. The Balaban J connectivity index is 2.16. The van der Waals surface area contributed by atoms with Crippen molar-refractivity contribution in [3.05, 3.63) is 54.5 Å². The first kappa shape index (κ1) is 18.8. The van der Waals surface area contributed by atoms with Crippen LogP contribution in [0.5, 0.6) is 0 Å². The van der Waals surface area contributed by atoms with Gasteiger partial charge in [-0.2, -0.15) is 0 Å². The lowest BCUT2D eigenvalue weighted by molar-refractivity contribution is -0.105. The Kier molecular flexibility index (Phi) is 7.26. The SMILES string of the molecule is C=C(c1c(NC=O)ncn1Cc1ccccc1)N(C)CCCCCC.